The topological polar surface area (TPSA) is 99.3 Å². The predicted molar refractivity (Wildman–Crippen MR) is 65.1 cm³/mol. The number of amides is 1. The molecule has 7 nitrogen and oxygen atoms in total. The van der Waals surface area contributed by atoms with Gasteiger partial charge in [0.1, 0.15) is 6.07 Å². The van der Waals surface area contributed by atoms with Gasteiger partial charge in [0.2, 0.25) is 5.91 Å². The van der Waals surface area contributed by atoms with Crippen molar-refractivity contribution in [2.75, 3.05) is 25.5 Å². The SMILES string of the molecule is CNC(=O)CN(C)c1ccc([N+](=O)[O-])cc1C#N. The van der Waals surface area contributed by atoms with E-state index in [1.165, 1.54) is 25.2 Å². The zero-order chi connectivity index (χ0) is 13.7. The lowest BCUT2D eigenvalue weighted by molar-refractivity contribution is -0.384. The molecule has 1 N–H and O–H groups in total. The van der Waals surface area contributed by atoms with Gasteiger partial charge in [-0.3, -0.25) is 14.9 Å². The fraction of sp³-hybridized carbons (Fsp3) is 0.273. The number of carbonyl (C=O) groups excluding carboxylic acids is 1. The number of hydrogen-bond donors (Lipinski definition) is 1. The third-order valence-electron chi connectivity index (χ3n) is 2.38. The molecule has 0 aliphatic carbocycles. The van der Waals surface area contributed by atoms with Crippen LogP contribution in [0.1, 0.15) is 5.56 Å². The number of nitriles is 1. The molecule has 1 aromatic carbocycles. The molecular formula is C11H12N4O3. The molecule has 0 saturated carbocycles. The van der Waals surface area contributed by atoms with Crippen LogP contribution in [0.25, 0.3) is 0 Å². The average molecular weight is 248 g/mol. The Bertz CT molecular complexity index is 522. The minimum atomic E-state index is -0.566. The van der Waals surface area contributed by atoms with E-state index in [2.05, 4.69) is 5.32 Å². The quantitative estimate of drug-likeness (QED) is 0.623. The summed E-state index contributed by atoms with van der Waals surface area (Å²) in [6, 6.07) is 5.84. The summed E-state index contributed by atoms with van der Waals surface area (Å²) in [5.41, 5.74) is 0.492. The summed E-state index contributed by atoms with van der Waals surface area (Å²) in [6.45, 7) is 0.0724. The highest BCUT2D eigenvalue weighted by Crippen LogP contribution is 2.23. The molecule has 0 aliphatic rings. The minimum absolute atomic E-state index is 0.0724. The summed E-state index contributed by atoms with van der Waals surface area (Å²) in [5, 5.41) is 22.0. The molecule has 94 valence electrons. The van der Waals surface area contributed by atoms with Crippen LogP contribution in [0.2, 0.25) is 0 Å². The molecular weight excluding hydrogens is 236 g/mol. The van der Waals surface area contributed by atoms with Crippen LogP contribution in [0.4, 0.5) is 11.4 Å². The molecule has 0 atom stereocenters. The van der Waals surface area contributed by atoms with Gasteiger partial charge in [0.15, 0.2) is 0 Å². The van der Waals surface area contributed by atoms with Crippen LogP contribution in [0.15, 0.2) is 18.2 Å². The molecule has 0 heterocycles. The summed E-state index contributed by atoms with van der Waals surface area (Å²) in [4.78, 5) is 22.8. The normalized spacial score (nSPS) is 9.39. The van der Waals surface area contributed by atoms with E-state index in [0.717, 1.165) is 0 Å². The number of hydrogen-bond acceptors (Lipinski definition) is 5. The Balaban J connectivity index is 3.06. The number of non-ortho nitro benzene ring substituents is 1. The lowest BCUT2D eigenvalue weighted by Crippen LogP contribution is -2.33. The smallest absolute Gasteiger partial charge is 0.270 e. The van der Waals surface area contributed by atoms with E-state index in [-0.39, 0.29) is 23.7 Å². The molecule has 0 aromatic heterocycles. The van der Waals surface area contributed by atoms with Crippen LogP contribution in [0.5, 0.6) is 0 Å². The summed E-state index contributed by atoms with van der Waals surface area (Å²) in [7, 11) is 3.15. The first-order valence-electron chi connectivity index (χ1n) is 5.10. The van der Waals surface area contributed by atoms with Crippen LogP contribution in [0, 0.1) is 21.4 Å². The number of nitro groups is 1. The van der Waals surface area contributed by atoms with Crippen molar-refractivity contribution < 1.29 is 9.72 Å². The molecule has 0 saturated heterocycles. The van der Waals surface area contributed by atoms with Crippen molar-refractivity contribution >= 4 is 17.3 Å². The molecule has 0 radical (unpaired) electrons. The van der Waals surface area contributed by atoms with E-state index in [1.807, 2.05) is 6.07 Å². The highest BCUT2D eigenvalue weighted by molar-refractivity contribution is 5.81. The maximum Gasteiger partial charge on any atom is 0.270 e. The van der Waals surface area contributed by atoms with Gasteiger partial charge in [0, 0.05) is 26.2 Å². The van der Waals surface area contributed by atoms with E-state index >= 15 is 0 Å². The fourth-order valence-corrected chi connectivity index (χ4v) is 1.44. The lowest BCUT2D eigenvalue weighted by atomic mass is 10.1. The molecule has 1 aromatic rings. The third-order valence-corrected chi connectivity index (χ3v) is 2.38. The monoisotopic (exact) mass is 248 g/mol. The highest BCUT2D eigenvalue weighted by Gasteiger charge is 2.14. The third kappa shape index (κ3) is 2.95. The van der Waals surface area contributed by atoms with Gasteiger partial charge in [-0.05, 0) is 6.07 Å². The number of likely N-dealkylation sites (N-methyl/N-ethyl adjacent to an activating group) is 2. The first-order valence-corrected chi connectivity index (χ1v) is 5.10. The van der Waals surface area contributed by atoms with Crippen molar-refractivity contribution in [3.05, 3.63) is 33.9 Å². The van der Waals surface area contributed by atoms with Crippen molar-refractivity contribution in [2.45, 2.75) is 0 Å². The first kappa shape index (κ1) is 13.4. The molecule has 1 amide bonds. The number of nitrogens with one attached hydrogen (secondary N) is 1. The van der Waals surface area contributed by atoms with E-state index in [9.17, 15) is 14.9 Å². The number of nitrogens with zero attached hydrogens (tertiary/aromatic N) is 3. The Kier molecular flexibility index (Phi) is 4.21. The second-order valence-corrected chi connectivity index (χ2v) is 3.60. The molecule has 18 heavy (non-hydrogen) atoms. The van der Waals surface area contributed by atoms with Crippen LogP contribution in [-0.2, 0) is 4.79 Å². The standard InChI is InChI=1S/C11H12N4O3/c1-13-11(16)7-14(2)10-4-3-9(15(17)18)5-8(10)6-12/h3-5H,7H2,1-2H3,(H,13,16). The van der Waals surface area contributed by atoms with Crippen molar-refractivity contribution in [1.82, 2.24) is 5.32 Å². The number of carbonyl (C=O) groups is 1. The van der Waals surface area contributed by atoms with E-state index < -0.39 is 4.92 Å². The van der Waals surface area contributed by atoms with Crippen molar-refractivity contribution in [1.29, 1.82) is 5.26 Å². The van der Waals surface area contributed by atoms with Gasteiger partial charge >= 0.3 is 0 Å². The first-order chi connectivity index (χ1) is 8.49. The van der Waals surface area contributed by atoms with Crippen molar-refractivity contribution in [3.8, 4) is 6.07 Å². The number of anilines is 1. The van der Waals surface area contributed by atoms with Gasteiger partial charge in [-0.25, -0.2) is 0 Å². The van der Waals surface area contributed by atoms with Gasteiger partial charge in [0.05, 0.1) is 22.7 Å². The summed E-state index contributed by atoms with van der Waals surface area (Å²) in [5.74, 6) is -0.209. The largest absolute Gasteiger partial charge is 0.364 e. The molecule has 0 spiro atoms. The number of rotatable bonds is 4. The number of nitro benzene ring substituents is 1. The Morgan fingerprint density at radius 1 is 1.61 bits per heavy atom. The Morgan fingerprint density at radius 2 is 2.28 bits per heavy atom. The molecule has 0 unspecified atom stereocenters. The maximum absolute atomic E-state index is 11.2. The van der Waals surface area contributed by atoms with E-state index in [0.29, 0.717) is 5.69 Å². The Hall–Kier alpha value is -2.62. The van der Waals surface area contributed by atoms with Crippen LogP contribution >= 0.6 is 0 Å². The lowest BCUT2D eigenvalue weighted by Gasteiger charge is -2.19. The van der Waals surface area contributed by atoms with Gasteiger partial charge < -0.3 is 10.2 Å². The number of benzene rings is 1. The second kappa shape index (κ2) is 5.63. The predicted octanol–water partition coefficient (Wildman–Crippen LogP) is 0.649. The summed E-state index contributed by atoms with van der Waals surface area (Å²) >= 11 is 0. The van der Waals surface area contributed by atoms with Gasteiger partial charge in [-0.1, -0.05) is 0 Å². The molecule has 0 fully saturated rings. The molecule has 7 heteroatoms. The van der Waals surface area contributed by atoms with Gasteiger partial charge in [-0.2, -0.15) is 5.26 Å². The van der Waals surface area contributed by atoms with E-state index in [1.54, 1.807) is 11.9 Å². The zero-order valence-electron chi connectivity index (χ0n) is 10.0. The Morgan fingerprint density at radius 3 is 2.78 bits per heavy atom. The Labute approximate surface area is 104 Å². The van der Waals surface area contributed by atoms with Gasteiger partial charge in [0.25, 0.3) is 5.69 Å². The zero-order valence-corrected chi connectivity index (χ0v) is 10.0. The van der Waals surface area contributed by atoms with Crippen LogP contribution in [0.3, 0.4) is 0 Å². The van der Waals surface area contributed by atoms with Gasteiger partial charge in [-0.15, -0.1) is 0 Å². The summed E-state index contributed by atoms with van der Waals surface area (Å²) < 4.78 is 0. The molecule has 0 aliphatic heterocycles. The summed E-state index contributed by atoms with van der Waals surface area (Å²) in [6.07, 6.45) is 0. The molecule has 1 rings (SSSR count). The molecule has 0 bridgehead atoms. The minimum Gasteiger partial charge on any atom is -0.364 e. The van der Waals surface area contributed by atoms with Crippen molar-refractivity contribution in [3.63, 3.8) is 0 Å². The average Bonchev–Trinajstić information content (AvgIpc) is 2.37. The van der Waals surface area contributed by atoms with E-state index in [4.69, 9.17) is 5.26 Å². The van der Waals surface area contributed by atoms with Crippen LogP contribution in [-0.4, -0.2) is 31.5 Å². The second-order valence-electron chi connectivity index (χ2n) is 3.60. The maximum atomic E-state index is 11.2. The van der Waals surface area contributed by atoms with Crippen LogP contribution < -0.4 is 10.2 Å². The van der Waals surface area contributed by atoms with Crippen molar-refractivity contribution in [2.24, 2.45) is 0 Å². The highest BCUT2D eigenvalue weighted by atomic mass is 16.6. The fourth-order valence-electron chi connectivity index (χ4n) is 1.44.